The van der Waals surface area contributed by atoms with Gasteiger partial charge in [-0.05, 0) is 31.5 Å². The predicted molar refractivity (Wildman–Crippen MR) is 89.4 cm³/mol. The maximum Gasteiger partial charge on any atom is 0.227 e. The molecule has 0 radical (unpaired) electrons. The molecule has 6 heteroatoms. The molecule has 0 saturated heterocycles. The average Bonchev–Trinajstić information content (AvgIpc) is 2.45. The second-order valence-corrected chi connectivity index (χ2v) is 5.79. The Kier molecular flexibility index (Phi) is 5.82. The summed E-state index contributed by atoms with van der Waals surface area (Å²) in [6, 6.07) is 5.49. The second-order valence-electron chi connectivity index (χ2n) is 4.46. The zero-order valence-corrected chi connectivity index (χ0v) is 14.3. The predicted octanol–water partition coefficient (Wildman–Crippen LogP) is 5.07. The number of halogens is 2. The zero-order chi connectivity index (χ0) is 15.2. The topological polar surface area (TPSA) is 47.0 Å². The molecular weight excluding hydrogens is 354 g/mol. The lowest BCUT2D eigenvalue weighted by atomic mass is 10.1. The van der Waals surface area contributed by atoms with Crippen molar-refractivity contribution in [2.24, 2.45) is 0 Å². The van der Waals surface area contributed by atoms with Crippen LogP contribution in [0.5, 0.6) is 11.6 Å². The van der Waals surface area contributed by atoms with E-state index < -0.39 is 0 Å². The number of aromatic nitrogens is 2. The molecule has 0 aliphatic carbocycles. The highest BCUT2D eigenvalue weighted by atomic mass is 79.9. The van der Waals surface area contributed by atoms with Gasteiger partial charge in [-0.1, -0.05) is 40.9 Å². The first kappa shape index (κ1) is 16.0. The lowest BCUT2D eigenvalue weighted by Crippen LogP contribution is -2.06. The van der Waals surface area contributed by atoms with Gasteiger partial charge in [-0.2, -0.15) is 0 Å². The van der Waals surface area contributed by atoms with Crippen molar-refractivity contribution in [3.05, 3.63) is 39.6 Å². The molecule has 1 aromatic heterocycles. The first-order chi connectivity index (χ1) is 10.2. The summed E-state index contributed by atoms with van der Waals surface area (Å²) in [5.74, 6) is 1.95. The highest BCUT2D eigenvalue weighted by molar-refractivity contribution is 9.10. The van der Waals surface area contributed by atoms with Gasteiger partial charge in [-0.3, -0.25) is 0 Å². The fourth-order valence-corrected chi connectivity index (χ4v) is 2.65. The Balaban J connectivity index is 2.36. The second kappa shape index (κ2) is 7.61. The van der Waals surface area contributed by atoms with Crippen molar-refractivity contribution < 1.29 is 4.74 Å². The third-order valence-electron chi connectivity index (χ3n) is 2.85. The number of nitrogens with zero attached hydrogens (tertiary/aromatic N) is 2. The van der Waals surface area contributed by atoms with Gasteiger partial charge in [0.1, 0.15) is 17.9 Å². The van der Waals surface area contributed by atoms with E-state index in [1.165, 1.54) is 6.33 Å². The Morgan fingerprint density at radius 3 is 2.76 bits per heavy atom. The number of benzene rings is 1. The minimum absolute atomic E-state index is 0.537. The average molecular weight is 371 g/mol. The van der Waals surface area contributed by atoms with Crippen LogP contribution in [0, 0.1) is 0 Å². The van der Waals surface area contributed by atoms with E-state index in [1.807, 2.05) is 19.1 Å². The fourth-order valence-electron chi connectivity index (χ4n) is 1.94. The van der Waals surface area contributed by atoms with Crippen LogP contribution in [-0.4, -0.2) is 16.5 Å². The van der Waals surface area contributed by atoms with Crippen LogP contribution in [-0.2, 0) is 6.42 Å². The molecule has 2 aromatic rings. The van der Waals surface area contributed by atoms with Crippen molar-refractivity contribution in [2.75, 3.05) is 11.9 Å². The smallest absolute Gasteiger partial charge is 0.227 e. The molecule has 0 aliphatic heterocycles. The maximum atomic E-state index is 6.20. The molecule has 0 spiro atoms. The third-order valence-corrected chi connectivity index (χ3v) is 3.64. The van der Waals surface area contributed by atoms with Gasteiger partial charge in [0.05, 0.1) is 10.6 Å². The first-order valence-corrected chi connectivity index (χ1v) is 8.03. The molecule has 1 aromatic carbocycles. The summed E-state index contributed by atoms with van der Waals surface area (Å²) in [7, 11) is 0. The Labute approximate surface area is 138 Å². The molecule has 0 bridgehead atoms. The maximum absolute atomic E-state index is 6.20. The minimum atomic E-state index is 0.537. The third kappa shape index (κ3) is 4.08. The molecule has 0 atom stereocenters. The molecular formula is C15H17BrClN3O. The summed E-state index contributed by atoms with van der Waals surface area (Å²) < 4.78 is 6.80. The number of hydrogen-bond acceptors (Lipinski definition) is 4. The first-order valence-electron chi connectivity index (χ1n) is 6.86. The molecule has 1 N–H and O–H groups in total. The summed E-state index contributed by atoms with van der Waals surface area (Å²) in [6.07, 6.45) is 3.32. The lowest BCUT2D eigenvalue weighted by Gasteiger charge is -2.14. The molecule has 1 heterocycles. The lowest BCUT2D eigenvalue weighted by molar-refractivity contribution is 0.454. The Morgan fingerprint density at radius 2 is 2.10 bits per heavy atom. The van der Waals surface area contributed by atoms with Crippen molar-refractivity contribution in [1.29, 1.82) is 0 Å². The molecule has 2 rings (SSSR count). The summed E-state index contributed by atoms with van der Waals surface area (Å²) in [5, 5.41) is 3.78. The standard InChI is InChI=1S/C15H17BrClN3O/c1-3-5-11-14(18-4-2)19-9-20-15(11)21-13-7-6-10(16)8-12(13)17/h6-9H,3-5H2,1-2H3,(H,18,19,20). The highest BCUT2D eigenvalue weighted by Gasteiger charge is 2.14. The van der Waals surface area contributed by atoms with Crippen molar-refractivity contribution in [1.82, 2.24) is 9.97 Å². The van der Waals surface area contributed by atoms with Crippen molar-refractivity contribution in [3.63, 3.8) is 0 Å². The zero-order valence-electron chi connectivity index (χ0n) is 12.0. The van der Waals surface area contributed by atoms with Gasteiger partial charge in [0, 0.05) is 11.0 Å². The van der Waals surface area contributed by atoms with Crippen LogP contribution in [0.2, 0.25) is 5.02 Å². The SMILES string of the molecule is CCCc1c(NCC)ncnc1Oc1ccc(Br)cc1Cl. The van der Waals surface area contributed by atoms with E-state index in [9.17, 15) is 0 Å². The molecule has 0 saturated carbocycles. The summed E-state index contributed by atoms with van der Waals surface area (Å²) in [5.41, 5.74) is 0.973. The summed E-state index contributed by atoms with van der Waals surface area (Å²) >= 11 is 9.57. The molecule has 0 amide bonds. The van der Waals surface area contributed by atoms with E-state index in [-0.39, 0.29) is 0 Å². The number of anilines is 1. The Morgan fingerprint density at radius 1 is 1.29 bits per heavy atom. The van der Waals surface area contributed by atoms with Crippen LogP contribution < -0.4 is 10.1 Å². The number of hydrogen-bond donors (Lipinski definition) is 1. The van der Waals surface area contributed by atoms with Gasteiger partial charge in [0.25, 0.3) is 0 Å². The quantitative estimate of drug-likeness (QED) is 0.771. The number of rotatable bonds is 6. The van der Waals surface area contributed by atoms with Crippen LogP contribution >= 0.6 is 27.5 Å². The monoisotopic (exact) mass is 369 g/mol. The molecule has 4 nitrogen and oxygen atoms in total. The Hall–Kier alpha value is -1.33. The van der Waals surface area contributed by atoms with Crippen LogP contribution in [0.3, 0.4) is 0 Å². The number of nitrogens with one attached hydrogen (secondary N) is 1. The largest absolute Gasteiger partial charge is 0.437 e. The van der Waals surface area contributed by atoms with Gasteiger partial charge in [-0.25, -0.2) is 9.97 Å². The van der Waals surface area contributed by atoms with Gasteiger partial charge in [0.2, 0.25) is 5.88 Å². The van der Waals surface area contributed by atoms with Crippen molar-refractivity contribution in [3.8, 4) is 11.6 Å². The molecule has 21 heavy (non-hydrogen) atoms. The van der Waals surface area contributed by atoms with Crippen LogP contribution in [0.4, 0.5) is 5.82 Å². The molecule has 112 valence electrons. The molecule has 0 unspecified atom stereocenters. The van der Waals surface area contributed by atoms with E-state index in [2.05, 4.69) is 38.1 Å². The van der Waals surface area contributed by atoms with E-state index >= 15 is 0 Å². The van der Waals surface area contributed by atoms with Gasteiger partial charge < -0.3 is 10.1 Å². The minimum Gasteiger partial charge on any atom is -0.437 e. The summed E-state index contributed by atoms with van der Waals surface area (Å²) in [4.78, 5) is 8.54. The highest BCUT2D eigenvalue weighted by Crippen LogP contribution is 2.33. The van der Waals surface area contributed by atoms with E-state index in [0.29, 0.717) is 16.7 Å². The van der Waals surface area contributed by atoms with E-state index in [1.54, 1.807) is 6.07 Å². The van der Waals surface area contributed by atoms with E-state index in [4.69, 9.17) is 16.3 Å². The summed E-state index contributed by atoms with van der Waals surface area (Å²) in [6.45, 7) is 4.94. The molecule has 0 aliphatic rings. The van der Waals surface area contributed by atoms with Gasteiger partial charge >= 0.3 is 0 Å². The van der Waals surface area contributed by atoms with Gasteiger partial charge in [-0.15, -0.1) is 0 Å². The van der Waals surface area contributed by atoms with Crippen molar-refractivity contribution >= 4 is 33.3 Å². The molecule has 0 fully saturated rings. The number of ether oxygens (including phenoxy) is 1. The Bertz CT molecular complexity index is 622. The van der Waals surface area contributed by atoms with Crippen LogP contribution in [0.15, 0.2) is 29.0 Å². The van der Waals surface area contributed by atoms with Crippen LogP contribution in [0.25, 0.3) is 0 Å². The normalized spacial score (nSPS) is 10.5. The van der Waals surface area contributed by atoms with Crippen molar-refractivity contribution in [2.45, 2.75) is 26.7 Å². The van der Waals surface area contributed by atoms with E-state index in [0.717, 1.165) is 35.2 Å². The van der Waals surface area contributed by atoms with Gasteiger partial charge in [0.15, 0.2) is 0 Å². The van der Waals surface area contributed by atoms with Crippen LogP contribution in [0.1, 0.15) is 25.8 Å². The fraction of sp³-hybridized carbons (Fsp3) is 0.333.